The van der Waals surface area contributed by atoms with Crippen molar-refractivity contribution >= 4 is 28.6 Å². The molecular formula is C24H24ClF2N3O5. The number of hydrogen-bond donors (Lipinski definition) is 2. The molecule has 11 heteroatoms. The summed E-state index contributed by atoms with van der Waals surface area (Å²) in [6, 6.07) is 6.25. The van der Waals surface area contributed by atoms with Crippen LogP contribution in [0, 0.1) is 0 Å². The average Bonchev–Trinajstić information content (AvgIpc) is 3.52. The molecule has 4 heterocycles. The van der Waals surface area contributed by atoms with Gasteiger partial charge in [-0.2, -0.15) is 8.78 Å². The summed E-state index contributed by atoms with van der Waals surface area (Å²) in [5.74, 6) is -5.43. The fraction of sp³-hybridized carbons (Fsp3) is 0.417. The molecule has 1 saturated heterocycles. The first-order valence-corrected chi connectivity index (χ1v) is 11.7. The predicted octanol–water partition coefficient (Wildman–Crippen LogP) is 3.66. The monoisotopic (exact) mass is 507 g/mol. The summed E-state index contributed by atoms with van der Waals surface area (Å²) in [4.78, 5) is 18.8. The SMILES string of the molecule is O=C(NC(CN1CCCC1)C(O)c1ccc2c(c1)OCCO2)C(F)(F)c1cc2ncc(Cl)cc2o1. The third kappa shape index (κ3) is 4.91. The molecule has 2 atom stereocenters. The maximum atomic E-state index is 15.2. The number of carbonyl (C=O) groups is 1. The third-order valence-corrected chi connectivity index (χ3v) is 6.40. The van der Waals surface area contributed by atoms with Gasteiger partial charge in [0.2, 0.25) is 0 Å². The van der Waals surface area contributed by atoms with E-state index in [0.29, 0.717) is 30.3 Å². The molecule has 2 unspecified atom stereocenters. The van der Waals surface area contributed by atoms with Gasteiger partial charge in [-0.05, 0) is 43.6 Å². The van der Waals surface area contributed by atoms with Crippen LogP contribution in [0.5, 0.6) is 11.5 Å². The minimum absolute atomic E-state index is 0.0462. The Bertz CT molecular complexity index is 1230. The molecule has 35 heavy (non-hydrogen) atoms. The van der Waals surface area contributed by atoms with Gasteiger partial charge >= 0.3 is 5.92 Å². The Kier molecular flexibility index (Phi) is 6.52. The van der Waals surface area contributed by atoms with E-state index in [1.807, 2.05) is 4.90 Å². The second-order valence-electron chi connectivity index (χ2n) is 8.66. The number of carbonyl (C=O) groups excluding carboxylic acids is 1. The Labute approximate surface area is 204 Å². The Morgan fingerprint density at radius 1 is 1.17 bits per heavy atom. The number of benzene rings is 1. The molecule has 8 nitrogen and oxygen atoms in total. The number of likely N-dealkylation sites (tertiary alicyclic amines) is 1. The highest BCUT2D eigenvalue weighted by molar-refractivity contribution is 6.31. The molecule has 186 valence electrons. The fourth-order valence-corrected chi connectivity index (χ4v) is 4.51. The van der Waals surface area contributed by atoms with Crippen molar-refractivity contribution in [2.75, 3.05) is 32.8 Å². The molecule has 2 aromatic heterocycles. The average molecular weight is 508 g/mol. The predicted molar refractivity (Wildman–Crippen MR) is 123 cm³/mol. The van der Waals surface area contributed by atoms with E-state index < -0.39 is 29.7 Å². The Morgan fingerprint density at radius 3 is 2.69 bits per heavy atom. The summed E-state index contributed by atoms with van der Waals surface area (Å²) in [6.45, 7) is 2.50. The Morgan fingerprint density at radius 2 is 1.91 bits per heavy atom. The van der Waals surface area contributed by atoms with Crippen LogP contribution in [0.4, 0.5) is 8.78 Å². The maximum absolute atomic E-state index is 15.2. The van der Waals surface area contributed by atoms with Gasteiger partial charge in [-0.25, -0.2) is 0 Å². The van der Waals surface area contributed by atoms with Crippen LogP contribution in [0.15, 0.2) is 40.9 Å². The van der Waals surface area contributed by atoms with Crippen LogP contribution in [0.25, 0.3) is 11.1 Å². The first kappa shape index (κ1) is 23.8. The zero-order chi connectivity index (χ0) is 24.6. The number of pyridine rings is 1. The number of fused-ring (bicyclic) bond motifs is 2. The van der Waals surface area contributed by atoms with Crippen LogP contribution in [0.1, 0.15) is 30.3 Å². The lowest BCUT2D eigenvalue weighted by Gasteiger charge is -2.30. The molecular weight excluding hydrogens is 484 g/mol. The highest BCUT2D eigenvalue weighted by Crippen LogP contribution is 2.36. The molecule has 0 aliphatic carbocycles. The van der Waals surface area contributed by atoms with Crippen LogP contribution < -0.4 is 14.8 Å². The van der Waals surface area contributed by atoms with Gasteiger partial charge in [0.1, 0.15) is 24.8 Å². The first-order valence-electron chi connectivity index (χ1n) is 11.4. The van der Waals surface area contributed by atoms with Crippen LogP contribution in [-0.2, 0) is 10.7 Å². The molecule has 0 spiro atoms. The van der Waals surface area contributed by atoms with E-state index in [1.54, 1.807) is 18.2 Å². The fourth-order valence-electron chi connectivity index (χ4n) is 4.36. The summed E-state index contributed by atoms with van der Waals surface area (Å²) in [6.07, 6.45) is 1.97. The molecule has 3 aromatic rings. The van der Waals surface area contributed by atoms with Gasteiger partial charge in [0.25, 0.3) is 5.91 Å². The van der Waals surface area contributed by atoms with E-state index in [9.17, 15) is 9.90 Å². The molecule has 2 N–H and O–H groups in total. The zero-order valence-electron chi connectivity index (χ0n) is 18.7. The van der Waals surface area contributed by atoms with Crippen molar-refractivity contribution < 1.29 is 32.6 Å². The minimum Gasteiger partial charge on any atom is -0.486 e. The number of aromatic nitrogens is 1. The van der Waals surface area contributed by atoms with Gasteiger partial charge in [0.15, 0.2) is 22.8 Å². The van der Waals surface area contributed by atoms with Crippen molar-refractivity contribution in [3.8, 4) is 11.5 Å². The van der Waals surface area contributed by atoms with Crippen molar-refractivity contribution in [1.29, 1.82) is 0 Å². The lowest BCUT2D eigenvalue weighted by Crippen LogP contribution is -2.50. The summed E-state index contributed by atoms with van der Waals surface area (Å²) in [7, 11) is 0. The molecule has 0 radical (unpaired) electrons. The van der Waals surface area contributed by atoms with Gasteiger partial charge in [0, 0.05) is 24.9 Å². The van der Waals surface area contributed by atoms with E-state index in [0.717, 1.165) is 32.0 Å². The number of nitrogens with zero attached hydrogens (tertiary/aromatic N) is 2. The standard InChI is InChI=1S/C24H24ClF2N3O5/c25-15-10-19-16(28-12-15)11-21(35-19)24(26,27)23(32)29-17(13-30-5-1-2-6-30)22(31)14-3-4-18-20(9-14)34-8-7-33-18/h3-4,9-12,17,22,31H,1-2,5-8,13H2,(H,29,32). The number of furan rings is 1. The molecule has 1 aromatic carbocycles. The molecule has 5 rings (SSSR count). The summed E-state index contributed by atoms with van der Waals surface area (Å²) in [5.41, 5.74) is 0.622. The zero-order valence-corrected chi connectivity index (χ0v) is 19.4. The van der Waals surface area contributed by atoms with Gasteiger partial charge in [-0.3, -0.25) is 9.78 Å². The lowest BCUT2D eigenvalue weighted by atomic mass is 10.0. The number of aliphatic hydroxyl groups is 1. The molecule has 2 aliphatic rings. The third-order valence-electron chi connectivity index (χ3n) is 6.19. The molecule has 0 saturated carbocycles. The second kappa shape index (κ2) is 9.60. The van der Waals surface area contributed by atoms with Crippen molar-refractivity contribution in [3.63, 3.8) is 0 Å². The number of ether oxygens (including phenoxy) is 2. The van der Waals surface area contributed by atoms with Gasteiger partial charge < -0.3 is 29.2 Å². The van der Waals surface area contributed by atoms with Crippen LogP contribution in [0.2, 0.25) is 5.02 Å². The smallest absolute Gasteiger partial charge is 0.381 e. The minimum atomic E-state index is -4.00. The van der Waals surface area contributed by atoms with E-state index in [2.05, 4.69) is 10.3 Å². The number of alkyl halides is 2. The van der Waals surface area contributed by atoms with E-state index in [4.69, 9.17) is 25.5 Å². The topological polar surface area (TPSA) is 97.1 Å². The van der Waals surface area contributed by atoms with Crippen molar-refractivity contribution in [3.05, 3.63) is 52.9 Å². The number of rotatable bonds is 7. The lowest BCUT2D eigenvalue weighted by molar-refractivity contribution is -0.151. The Hall–Kier alpha value is -2.95. The van der Waals surface area contributed by atoms with E-state index in [-0.39, 0.29) is 22.7 Å². The number of aliphatic hydroxyl groups excluding tert-OH is 1. The van der Waals surface area contributed by atoms with Gasteiger partial charge in [-0.15, -0.1) is 0 Å². The van der Waals surface area contributed by atoms with Crippen molar-refractivity contribution in [1.82, 2.24) is 15.2 Å². The highest BCUT2D eigenvalue weighted by Gasteiger charge is 2.46. The normalized spacial score (nSPS) is 17.9. The molecule has 2 aliphatic heterocycles. The largest absolute Gasteiger partial charge is 0.486 e. The summed E-state index contributed by atoms with van der Waals surface area (Å²) < 4.78 is 46.6. The second-order valence-corrected chi connectivity index (χ2v) is 9.09. The van der Waals surface area contributed by atoms with Crippen LogP contribution >= 0.6 is 11.6 Å². The van der Waals surface area contributed by atoms with Crippen molar-refractivity contribution in [2.24, 2.45) is 0 Å². The summed E-state index contributed by atoms with van der Waals surface area (Å²) >= 11 is 5.85. The number of halogens is 3. The van der Waals surface area contributed by atoms with Crippen LogP contribution in [0.3, 0.4) is 0 Å². The van der Waals surface area contributed by atoms with Gasteiger partial charge in [0.05, 0.1) is 11.1 Å². The summed E-state index contributed by atoms with van der Waals surface area (Å²) in [5, 5.41) is 13.7. The number of nitrogens with one attached hydrogen (secondary N) is 1. The molecule has 1 amide bonds. The number of amides is 1. The quantitative estimate of drug-likeness (QED) is 0.504. The highest BCUT2D eigenvalue weighted by atomic mass is 35.5. The van der Waals surface area contributed by atoms with E-state index >= 15 is 8.78 Å². The van der Waals surface area contributed by atoms with Gasteiger partial charge in [-0.1, -0.05) is 17.7 Å². The molecule has 0 bridgehead atoms. The number of hydrogen-bond acceptors (Lipinski definition) is 7. The molecule has 1 fully saturated rings. The van der Waals surface area contributed by atoms with E-state index in [1.165, 1.54) is 12.3 Å². The van der Waals surface area contributed by atoms with Crippen molar-refractivity contribution in [2.45, 2.75) is 30.9 Å². The Balaban J connectivity index is 1.39. The van der Waals surface area contributed by atoms with Crippen LogP contribution in [-0.4, -0.2) is 59.8 Å². The maximum Gasteiger partial charge on any atom is 0.381 e. The first-order chi connectivity index (χ1) is 16.8.